The van der Waals surface area contributed by atoms with Gasteiger partial charge in [0.1, 0.15) is 0 Å². The van der Waals surface area contributed by atoms with Crippen LogP contribution in [0.1, 0.15) is 194 Å². The first-order valence-electron chi connectivity index (χ1n) is 19.9. The van der Waals surface area contributed by atoms with Crippen LogP contribution in [0, 0.1) is 0 Å². The average molecular weight is 644 g/mol. The number of allylic oxidation sites excluding steroid dienone is 7. The third-order valence-corrected chi connectivity index (χ3v) is 8.81. The van der Waals surface area contributed by atoms with Gasteiger partial charge in [0.25, 0.3) is 0 Å². The Labute approximate surface area is 286 Å². The molecule has 0 rings (SSSR count). The minimum atomic E-state index is -0.862. The topological polar surface area (TPSA) is 69.6 Å². The Bertz CT molecular complexity index is 741. The number of nitrogens with one attached hydrogen (secondary N) is 1. The maximum absolute atomic E-state index is 12.3. The molecule has 0 aliphatic heterocycles. The first-order valence-corrected chi connectivity index (χ1v) is 19.9. The number of rotatable bonds is 35. The Morgan fingerprint density at radius 3 is 1.43 bits per heavy atom. The van der Waals surface area contributed by atoms with E-state index in [1.165, 1.54) is 141 Å². The van der Waals surface area contributed by atoms with Crippen LogP contribution in [0.25, 0.3) is 0 Å². The van der Waals surface area contributed by atoms with Gasteiger partial charge in [-0.25, -0.2) is 0 Å². The molecule has 0 radical (unpaired) electrons. The van der Waals surface area contributed by atoms with Crippen molar-refractivity contribution in [2.75, 3.05) is 6.61 Å². The Kier molecular flexibility index (Phi) is 36.4. The summed E-state index contributed by atoms with van der Waals surface area (Å²) in [4.78, 5) is 12.3. The largest absolute Gasteiger partial charge is 0.394 e. The molecule has 0 aliphatic carbocycles. The monoisotopic (exact) mass is 644 g/mol. The summed E-state index contributed by atoms with van der Waals surface area (Å²) in [5.41, 5.74) is 0. The maximum Gasteiger partial charge on any atom is 0.220 e. The number of carbonyl (C=O) groups is 1. The highest BCUT2D eigenvalue weighted by Gasteiger charge is 2.17. The number of aliphatic hydroxyl groups is 2. The van der Waals surface area contributed by atoms with Crippen molar-refractivity contribution in [3.8, 4) is 0 Å². The standard InChI is InChI=1S/C42H77NO3/c1-3-5-7-9-11-13-15-17-19-20-21-22-24-26-28-30-32-34-36-38-42(46)43-40(39-44)41(45)37-35-33-31-29-27-25-23-18-16-14-12-10-8-6-4-2/h11,13,15,17,27,29,35,37,40-41,44-45H,3-10,12,14,16,18-26,28,30-34,36,38-39H2,1-2H3,(H,43,46)/b13-11-,17-15-,29-27+,37-35+. The highest BCUT2D eigenvalue weighted by Crippen LogP contribution is 2.13. The summed E-state index contributed by atoms with van der Waals surface area (Å²) >= 11 is 0. The molecule has 0 saturated heterocycles. The first-order chi connectivity index (χ1) is 22.7. The molecule has 0 fully saturated rings. The lowest BCUT2D eigenvalue weighted by molar-refractivity contribution is -0.123. The molecule has 0 aromatic carbocycles. The van der Waals surface area contributed by atoms with Crippen LogP contribution in [0.2, 0.25) is 0 Å². The van der Waals surface area contributed by atoms with Gasteiger partial charge in [-0.15, -0.1) is 0 Å². The predicted molar refractivity (Wildman–Crippen MR) is 202 cm³/mol. The van der Waals surface area contributed by atoms with Crippen LogP contribution in [0.5, 0.6) is 0 Å². The molecule has 0 spiro atoms. The number of amides is 1. The van der Waals surface area contributed by atoms with E-state index in [2.05, 4.69) is 55.6 Å². The van der Waals surface area contributed by atoms with Gasteiger partial charge in [-0.1, -0.05) is 178 Å². The smallest absolute Gasteiger partial charge is 0.220 e. The van der Waals surface area contributed by atoms with E-state index in [1.54, 1.807) is 6.08 Å². The zero-order valence-corrected chi connectivity index (χ0v) is 30.6. The molecule has 0 saturated carbocycles. The van der Waals surface area contributed by atoms with Crippen LogP contribution in [0.3, 0.4) is 0 Å². The second-order valence-electron chi connectivity index (χ2n) is 13.4. The normalized spacial score (nSPS) is 13.6. The lowest BCUT2D eigenvalue weighted by atomic mass is 10.0. The molecule has 0 aromatic heterocycles. The quantitative estimate of drug-likeness (QED) is 0.0365. The van der Waals surface area contributed by atoms with Crippen LogP contribution >= 0.6 is 0 Å². The van der Waals surface area contributed by atoms with Gasteiger partial charge < -0.3 is 15.5 Å². The highest BCUT2D eigenvalue weighted by molar-refractivity contribution is 5.76. The summed E-state index contributed by atoms with van der Waals surface area (Å²) in [5.74, 6) is -0.0798. The Morgan fingerprint density at radius 1 is 0.522 bits per heavy atom. The number of hydrogen-bond acceptors (Lipinski definition) is 3. The molecule has 0 aliphatic rings. The van der Waals surface area contributed by atoms with Crippen LogP contribution in [0.4, 0.5) is 0 Å². The fourth-order valence-electron chi connectivity index (χ4n) is 5.71. The molecular weight excluding hydrogens is 566 g/mol. The Hall–Kier alpha value is -1.65. The van der Waals surface area contributed by atoms with Crippen molar-refractivity contribution in [3.05, 3.63) is 48.6 Å². The third kappa shape index (κ3) is 33.7. The van der Waals surface area contributed by atoms with E-state index < -0.39 is 12.1 Å². The number of hydrogen-bond donors (Lipinski definition) is 3. The minimum absolute atomic E-state index is 0.0798. The van der Waals surface area contributed by atoms with E-state index in [0.717, 1.165) is 32.1 Å². The van der Waals surface area contributed by atoms with E-state index in [1.807, 2.05) is 6.08 Å². The van der Waals surface area contributed by atoms with Crippen molar-refractivity contribution < 1.29 is 15.0 Å². The van der Waals surface area contributed by atoms with E-state index in [0.29, 0.717) is 6.42 Å². The fourth-order valence-corrected chi connectivity index (χ4v) is 5.71. The first kappa shape index (κ1) is 44.4. The van der Waals surface area contributed by atoms with E-state index >= 15 is 0 Å². The minimum Gasteiger partial charge on any atom is -0.394 e. The van der Waals surface area contributed by atoms with Gasteiger partial charge in [0.15, 0.2) is 0 Å². The molecule has 2 atom stereocenters. The van der Waals surface area contributed by atoms with Gasteiger partial charge >= 0.3 is 0 Å². The van der Waals surface area contributed by atoms with Crippen LogP contribution in [-0.2, 0) is 4.79 Å². The van der Waals surface area contributed by atoms with Gasteiger partial charge in [0, 0.05) is 6.42 Å². The number of aliphatic hydroxyl groups excluding tert-OH is 2. The molecule has 46 heavy (non-hydrogen) atoms. The van der Waals surface area contributed by atoms with E-state index in [-0.39, 0.29) is 12.5 Å². The van der Waals surface area contributed by atoms with Gasteiger partial charge in [-0.3, -0.25) is 4.79 Å². The SMILES string of the molecule is CCCCC/C=C\C=C/CCCCCCCCCCCCC(=O)NC(CO)C(O)/C=C/CC/C=C/CCCCCCCCCCC. The molecule has 268 valence electrons. The highest BCUT2D eigenvalue weighted by atomic mass is 16.3. The molecule has 3 N–H and O–H groups in total. The second kappa shape index (κ2) is 37.8. The fraction of sp³-hybridized carbons (Fsp3) is 0.786. The average Bonchev–Trinajstić information content (AvgIpc) is 3.06. The van der Waals surface area contributed by atoms with Crippen LogP contribution in [0.15, 0.2) is 48.6 Å². The molecule has 0 bridgehead atoms. The molecular formula is C42H77NO3. The summed E-state index contributed by atoms with van der Waals surface area (Å²) in [5, 5.41) is 22.9. The molecule has 1 amide bonds. The lowest BCUT2D eigenvalue weighted by Gasteiger charge is -2.19. The van der Waals surface area contributed by atoms with Crippen molar-refractivity contribution in [2.45, 2.75) is 206 Å². The molecule has 2 unspecified atom stereocenters. The Balaban J connectivity index is 3.65. The summed E-state index contributed by atoms with van der Waals surface area (Å²) in [6.45, 7) is 4.25. The lowest BCUT2D eigenvalue weighted by Crippen LogP contribution is -2.45. The van der Waals surface area contributed by atoms with Gasteiger partial charge in [0.2, 0.25) is 5.91 Å². The van der Waals surface area contributed by atoms with Crippen LogP contribution in [-0.4, -0.2) is 34.9 Å². The van der Waals surface area contributed by atoms with E-state index in [9.17, 15) is 15.0 Å². The molecule has 4 heteroatoms. The van der Waals surface area contributed by atoms with Crippen molar-refractivity contribution in [2.24, 2.45) is 0 Å². The predicted octanol–water partition coefficient (Wildman–Crippen LogP) is 12.0. The summed E-state index contributed by atoms with van der Waals surface area (Å²) in [7, 11) is 0. The Morgan fingerprint density at radius 2 is 0.913 bits per heavy atom. The van der Waals surface area contributed by atoms with E-state index in [4.69, 9.17) is 0 Å². The van der Waals surface area contributed by atoms with Crippen molar-refractivity contribution >= 4 is 5.91 Å². The third-order valence-electron chi connectivity index (χ3n) is 8.81. The van der Waals surface area contributed by atoms with Crippen molar-refractivity contribution in [1.82, 2.24) is 5.32 Å². The summed E-state index contributed by atoms with van der Waals surface area (Å²) < 4.78 is 0. The van der Waals surface area contributed by atoms with Crippen LogP contribution < -0.4 is 5.32 Å². The summed E-state index contributed by atoms with van der Waals surface area (Å²) in [6.07, 6.45) is 50.6. The van der Waals surface area contributed by atoms with Gasteiger partial charge in [0.05, 0.1) is 18.8 Å². The molecule has 0 heterocycles. The maximum atomic E-state index is 12.3. The number of carbonyl (C=O) groups excluding carboxylic acids is 1. The van der Waals surface area contributed by atoms with Crippen molar-refractivity contribution in [1.29, 1.82) is 0 Å². The summed E-state index contributed by atoms with van der Waals surface area (Å²) in [6, 6.07) is -0.640. The molecule has 4 nitrogen and oxygen atoms in total. The number of unbranched alkanes of at least 4 members (excludes halogenated alkanes) is 23. The second-order valence-corrected chi connectivity index (χ2v) is 13.4. The van der Waals surface area contributed by atoms with Gasteiger partial charge in [-0.05, 0) is 57.8 Å². The van der Waals surface area contributed by atoms with Gasteiger partial charge in [-0.2, -0.15) is 0 Å². The van der Waals surface area contributed by atoms with Crippen molar-refractivity contribution in [3.63, 3.8) is 0 Å². The zero-order valence-electron chi connectivity index (χ0n) is 30.6. The zero-order chi connectivity index (χ0) is 33.6. The molecule has 0 aromatic rings.